The van der Waals surface area contributed by atoms with E-state index in [2.05, 4.69) is 34.5 Å². The Morgan fingerprint density at radius 3 is 2.33 bits per heavy atom. The van der Waals surface area contributed by atoms with Crippen molar-refractivity contribution in [2.75, 3.05) is 13.2 Å². The molecule has 0 rings (SSSR count). The second-order valence-corrected chi connectivity index (χ2v) is 5.10. The molecule has 92 valence electrons. The molecule has 0 spiro atoms. The van der Waals surface area contributed by atoms with Gasteiger partial charge in [0.2, 0.25) is 0 Å². The number of hydrogen-bond acceptors (Lipinski definition) is 1. The molecule has 2 unspecified atom stereocenters. The van der Waals surface area contributed by atoms with E-state index in [1.165, 1.54) is 0 Å². The van der Waals surface area contributed by atoms with Crippen LogP contribution >= 0.6 is 15.9 Å². The molecule has 0 radical (unpaired) electrons. The third-order valence-electron chi connectivity index (χ3n) is 2.30. The van der Waals surface area contributed by atoms with Crippen molar-refractivity contribution in [2.24, 2.45) is 5.92 Å². The van der Waals surface area contributed by atoms with Gasteiger partial charge in [-0.15, -0.1) is 0 Å². The molecule has 0 aromatic carbocycles. The quantitative estimate of drug-likeness (QED) is 0.505. The third-order valence-corrected chi connectivity index (χ3v) is 3.05. The van der Waals surface area contributed by atoms with Crippen LogP contribution in [-0.2, 0) is 4.74 Å². The van der Waals surface area contributed by atoms with Crippen LogP contribution in [0.5, 0.6) is 0 Å². The molecule has 0 amide bonds. The summed E-state index contributed by atoms with van der Waals surface area (Å²) in [5, 5.41) is 0. The van der Waals surface area contributed by atoms with Crippen LogP contribution in [0.25, 0.3) is 0 Å². The number of halogens is 4. The first-order valence-corrected chi connectivity index (χ1v) is 6.07. The zero-order valence-electron chi connectivity index (χ0n) is 9.11. The lowest BCUT2D eigenvalue weighted by Gasteiger charge is -2.17. The van der Waals surface area contributed by atoms with E-state index in [1.54, 1.807) is 0 Å². The van der Waals surface area contributed by atoms with Gasteiger partial charge in [0, 0.05) is 11.4 Å². The van der Waals surface area contributed by atoms with Crippen molar-refractivity contribution in [3.63, 3.8) is 0 Å². The van der Waals surface area contributed by atoms with Crippen LogP contribution in [-0.4, -0.2) is 24.2 Å². The summed E-state index contributed by atoms with van der Waals surface area (Å²) in [6.45, 7) is 3.20. The standard InChI is InChI=1S/C10H18BrF3O/c1-3-9(8(2)11)5-4-6-15-7-10(12,13)14/h8-9H,3-7H2,1-2H3. The van der Waals surface area contributed by atoms with E-state index < -0.39 is 12.8 Å². The van der Waals surface area contributed by atoms with Crippen LogP contribution in [0.1, 0.15) is 33.1 Å². The molecular formula is C10H18BrF3O. The van der Waals surface area contributed by atoms with Gasteiger partial charge >= 0.3 is 6.18 Å². The highest BCUT2D eigenvalue weighted by molar-refractivity contribution is 9.09. The molecule has 0 aromatic rings. The fourth-order valence-electron chi connectivity index (χ4n) is 1.39. The molecule has 0 saturated carbocycles. The Balaban J connectivity index is 3.45. The van der Waals surface area contributed by atoms with E-state index in [-0.39, 0.29) is 6.61 Å². The Labute approximate surface area is 97.5 Å². The fourth-order valence-corrected chi connectivity index (χ4v) is 2.03. The van der Waals surface area contributed by atoms with E-state index in [1.807, 2.05) is 0 Å². The van der Waals surface area contributed by atoms with Crippen molar-refractivity contribution in [3.8, 4) is 0 Å². The SMILES string of the molecule is CCC(CCCOCC(F)(F)F)C(C)Br. The first kappa shape index (κ1) is 15.2. The monoisotopic (exact) mass is 290 g/mol. The highest BCUT2D eigenvalue weighted by atomic mass is 79.9. The van der Waals surface area contributed by atoms with Gasteiger partial charge < -0.3 is 4.74 Å². The van der Waals surface area contributed by atoms with Crippen LogP contribution in [0.4, 0.5) is 13.2 Å². The maximum atomic E-state index is 11.7. The lowest BCUT2D eigenvalue weighted by atomic mass is 9.98. The minimum atomic E-state index is -4.20. The van der Waals surface area contributed by atoms with Crippen LogP contribution in [0.2, 0.25) is 0 Å². The molecule has 15 heavy (non-hydrogen) atoms. The predicted octanol–water partition coefficient (Wildman–Crippen LogP) is 4.16. The van der Waals surface area contributed by atoms with Crippen LogP contribution < -0.4 is 0 Å². The molecule has 0 bridgehead atoms. The molecule has 0 aliphatic carbocycles. The summed E-state index contributed by atoms with van der Waals surface area (Å²) in [6, 6.07) is 0. The molecule has 5 heteroatoms. The van der Waals surface area contributed by atoms with E-state index in [4.69, 9.17) is 0 Å². The third kappa shape index (κ3) is 9.18. The van der Waals surface area contributed by atoms with Crippen molar-refractivity contribution in [1.29, 1.82) is 0 Å². The molecule has 0 aliphatic heterocycles. The fraction of sp³-hybridized carbons (Fsp3) is 1.00. The molecule has 0 aliphatic rings. The summed E-state index contributed by atoms with van der Waals surface area (Å²) in [4.78, 5) is 0.408. The van der Waals surface area contributed by atoms with Crippen LogP contribution in [0, 0.1) is 5.92 Å². The van der Waals surface area contributed by atoms with Gasteiger partial charge in [0.1, 0.15) is 6.61 Å². The van der Waals surface area contributed by atoms with Gasteiger partial charge in [0.15, 0.2) is 0 Å². The summed E-state index contributed by atoms with van der Waals surface area (Å²) < 4.78 is 39.6. The van der Waals surface area contributed by atoms with Crippen molar-refractivity contribution >= 4 is 15.9 Å². The molecule has 0 heterocycles. The Hall–Kier alpha value is 0.230. The average molecular weight is 291 g/mol. The molecule has 2 atom stereocenters. The molecule has 0 aromatic heterocycles. The Bertz CT molecular complexity index is 159. The van der Waals surface area contributed by atoms with Crippen molar-refractivity contribution in [2.45, 2.75) is 44.1 Å². The minimum absolute atomic E-state index is 0.190. The molecule has 0 N–H and O–H groups in total. The summed E-state index contributed by atoms with van der Waals surface area (Å²) >= 11 is 3.48. The molecule has 0 fully saturated rings. The van der Waals surface area contributed by atoms with Crippen LogP contribution in [0.15, 0.2) is 0 Å². The van der Waals surface area contributed by atoms with E-state index >= 15 is 0 Å². The second-order valence-electron chi connectivity index (χ2n) is 3.66. The molecule has 1 nitrogen and oxygen atoms in total. The highest BCUT2D eigenvalue weighted by Gasteiger charge is 2.27. The summed E-state index contributed by atoms with van der Waals surface area (Å²) in [6.07, 6.45) is -1.58. The average Bonchev–Trinajstić information content (AvgIpc) is 2.08. The zero-order chi connectivity index (χ0) is 11.9. The van der Waals surface area contributed by atoms with Crippen molar-refractivity contribution in [3.05, 3.63) is 0 Å². The van der Waals surface area contributed by atoms with Crippen molar-refractivity contribution < 1.29 is 17.9 Å². The molecule has 0 saturated heterocycles. The summed E-state index contributed by atoms with van der Waals surface area (Å²) in [5.41, 5.74) is 0. The smallest absolute Gasteiger partial charge is 0.372 e. The maximum Gasteiger partial charge on any atom is 0.411 e. The maximum absolute atomic E-state index is 11.7. The largest absolute Gasteiger partial charge is 0.411 e. The lowest BCUT2D eigenvalue weighted by molar-refractivity contribution is -0.174. The number of hydrogen-bond donors (Lipinski definition) is 0. The number of alkyl halides is 4. The normalized spacial score (nSPS) is 16.4. The Morgan fingerprint density at radius 2 is 1.93 bits per heavy atom. The predicted molar refractivity (Wildman–Crippen MR) is 58.3 cm³/mol. The van der Waals surface area contributed by atoms with Gasteiger partial charge in [-0.3, -0.25) is 0 Å². The summed E-state index contributed by atoms with van der Waals surface area (Å²) in [7, 11) is 0. The second kappa shape index (κ2) is 7.49. The van der Waals surface area contributed by atoms with E-state index in [0.29, 0.717) is 17.2 Å². The van der Waals surface area contributed by atoms with Gasteiger partial charge in [-0.1, -0.05) is 36.2 Å². The number of ether oxygens (including phenoxy) is 1. The van der Waals surface area contributed by atoms with Gasteiger partial charge in [-0.25, -0.2) is 0 Å². The Kier molecular flexibility index (Phi) is 7.61. The van der Waals surface area contributed by atoms with Gasteiger partial charge in [-0.05, 0) is 18.8 Å². The van der Waals surface area contributed by atoms with Gasteiger partial charge in [-0.2, -0.15) is 13.2 Å². The topological polar surface area (TPSA) is 9.23 Å². The van der Waals surface area contributed by atoms with Crippen molar-refractivity contribution in [1.82, 2.24) is 0 Å². The van der Waals surface area contributed by atoms with Gasteiger partial charge in [0.25, 0.3) is 0 Å². The molecular weight excluding hydrogens is 273 g/mol. The summed E-state index contributed by atoms with van der Waals surface area (Å²) in [5.74, 6) is 0.513. The highest BCUT2D eigenvalue weighted by Crippen LogP contribution is 2.21. The first-order chi connectivity index (χ1) is 6.87. The first-order valence-electron chi connectivity index (χ1n) is 5.15. The lowest BCUT2D eigenvalue weighted by Crippen LogP contribution is -2.18. The van der Waals surface area contributed by atoms with Crippen LogP contribution in [0.3, 0.4) is 0 Å². The van der Waals surface area contributed by atoms with Gasteiger partial charge in [0.05, 0.1) is 0 Å². The van der Waals surface area contributed by atoms with E-state index in [0.717, 1.165) is 12.8 Å². The minimum Gasteiger partial charge on any atom is -0.372 e. The number of rotatable bonds is 7. The van der Waals surface area contributed by atoms with E-state index in [9.17, 15) is 13.2 Å². The Morgan fingerprint density at radius 1 is 1.33 bits per heavy atom. The zero-order valence-corrected chi connectivity index (χ0v) is 10.7.